The number of halogens is 2. The van der Waals surface area contributed by atoms with E-state index in [1.54, 1.807) is 12.1 Å². The van der Waals surface area contributed by atoms with Crippen molar-refractivity contribution in [2.24, 2.45) is 0 Å². The highest BCUT2D eigenvalue weighted by molar-refractivity contribution is 6.30. The molecule has 1 unspecified atom stereocenters. The summed E-state index contributed by atoms with van der Waals surface area (Å²) in [7, 11) is 0. The van der Waals surface area contributed by atoms with Crippen LogP contribution in [0.15, 0.2) is 36.7 Å². The minimum absolute atomic E-state index is 0.172. The summed E-state index contributed by atoms with van der Waals surface area (Å²) in [5, 5.41) is 3.54. The van der Waals surface area contributed by atoms with E-state index >= 15 is 0 Å². The van der Waals surface area contributed by atoms with Crippen LogP contribution in [0.1, 0.15) is 31.0 Å². The number of nitrogens with one attached hydrogen (secondary N) is 1. The van der Waals surface area contributed by atoms with E-state index in [9.17, 15) is 4.39 Å². The van der Waals surface area contributed by atoms with Crippen molar-refractivity contribution in [2.75, 3.05) is 6.54 Å². The summed E-state index contributed by atoms with van der Waals surface area (Å²) in [6.07, 6.45) is 4.13. The summed E-state index contributed by atoms with van der Waals surface area (Å²) in [6, 6.07) is 7.27. The molecule has 2 rings (SSSR count). The summed E-state index contributed by atoms with van der Waals surface area (Å²) >= 11 is 5.78. The fraction of sp³-hybridized carbons (Fsp3) is 0.333. The van der Waals surface area contributed by atoms with E-state index in [1.165, 1.54) is 11.6 Å². The minimum Gasteiger partial charge on any atom is -0.350 e. The molecule has 0 aliphatic rings. The van der Waals surface area contributed by atoms with Crippen molar-refractivity contribution in [1.82, 2.24) is 9.88 Å². The first-order valence-electron chi connectivity index (χ1n) is 6.43. The van der Waals surface area contributed by atoms with Crippen molar-refractivity contribution in [2.45, 2.75) is 26.4 Å². The van der Waals surface area contributed by atoms with E-state index in [-0.39, 0.29) is 10.8 Å². The second kappa shape index (κ2) is 6.22. The van der Waals surface area contributed by atoms with Gasteiger partial charge >= 0.3 is 0 Å². The van der Waals surface area contributed by atoms with Gasteiger partial charge in [-0.15, -0.1) is 0 Å². The molecule has 0 aliphatic carbocycles. The summed E-state index contributed by atoms with van der Waals surface area (Å²) in [5.74, 6) is -0.376. The highest BCUT2D eigenvalue weighted by Gasteiger charge is 2.06. The summed E-state index contributed by atoms with van der Waals surface area (Å²) in [5.41, 5.74) is 2.24. The Labute approximate surface area is 118 Å². The molecular weight excluding hydrogens is 263 g/mol. The second-order valence-electron chi connectivity index (χ2n) is 4.64. The van der Waals surface area contributed by atoms with Gasteiger partial charge in [-0.05, 0) is 42.8 Å². The molecule has 1 aromatic heterocycles. The van der Waals surface area contributed by atoms with E-state index in [4.69, 9.17) is 11.6 Å². The Hall–Kier alpha value is -1.32. The van der Waals surface area contributed by atoms with Gasteiger partial charge in [-0.25, -0.2) is 4.39 Å². The number of aromatic nitrogens is 1. The average Bonchev–Trinajstić information content (AvgIpc) is 2.83. The van der Waals surface area contributed by atoms with Crippen LogP contribution in [0.25, 0.3) is 0 Å². The Kier molecular flexibility index (Phi) is 4.61. The maximum atomic E-state index is 13.1. The maximum absolute atomic E-state index is 13.1. The molecule has 0 aliphatic heterocycles. The number of rotatable bonds is 5. The molecule has 4 heteroatoms. The number of benzene rings is 1. The normalized spacial score (nSPS) is 12.6. The van der Waals surface area contributed by atoms with Crippen molar-refractivity contribution in [3.05, 3.63) is 58.6 Å². The van der Waals surface area contributed by atoms with E-state index in [2.05, 4.69) is 36.0 Å². The van der Waals surface area contributed by atoms with Crippen LogP contribution in [-0.4, -0.2) is 11.1 Å². The third-order valence-corrected chi connectivity index (χ3v) is 3.42. The van der Waals surface area contributed by atoms with E-state index in [0.717, 1.165) is 12.1 Å². The third kappa shape index (κ3) is 3.58. The highest BCUT2D eigenvalue weighted by atomic mass is 35.5. The lowest BCUT2D eigenvalue weighted by Crippen LogP contribution is -2.17. The number of hydrogen-bond donors (Lipinski definition) is 1. The Morgan fingerprint density at radius 2 is 2.16 bits per heavy atom. The standard InChI is InChI=1S/C15H18ClFN2/c1-3-18-11(2)13-6-7-19(10-13)9-12-4-5-15(17)14(16)8-12/h4-8,10-11,18H,3,9H2,1-2H3. The zero-order chi connectivity index (χ0) is 13.8. The molecular formula is C15H18ClFN2. The highest BCUT2D eigenvalue weighted by Crippen LogP contribution is 2.18. The molecule has 0 bridgehead atoms. The summed E-state index contributed by atoms with van der Waals surface area (Å²) < 4.78 is 15.2. The Morgan fingerprint density at radius 3 is 2.84 bits per heavy atom. The lowest BCUT2D eigenvalue weighted by molar-refractivity contribution is 0.596. The van der Waals surface area contributed by atoms with Crippen LogP contribution in [0.4, 0.5) is 4.39 Å². The Balaban J connectivity index is 2.09. The van der Waals surface area contributed by atoms with Crippen LogP contribution < -0.4 is 5.32 Å². The Morgan fingerprint density at radius 1 is 1.37 bits per heavy atom. The van der Waals surface area contributed by atoms with E-state index in [1.807, 2.05) is 6.20 Å². The molecule has 0 fully saturated rings. The predicted octanol–water partition coefficient (Wildman–Crippen LogP) is 4.00. The molecule has 1 heterocycles. The first kappa shape index (κ1) is 14.1. The van der Waals surface area contributed by atoms with Gasteiger partial charge in [0.05, 0.1) is 5.02 Å². The molecule has 1 aromatic carbocycles. The Bertz CT molecular complexity index is 551. The fourth-order valence-corrected chi connectivity index (χ4v) is 2.29. The fourth-order valence-electron chi connectivity index (χ4n) is 2.09. The lowest BCUT2D eigenvalue weighted by atomic mass is 10.2. The lowest BCUT2D eigenvalue weighted by Gasteiger charge is -2.10. The van der Waals surface area contributed by atoms with Gasteiger partial charge in [0.15, 0.2) is 0 Å². The molecule has 1 N–H and O–H groups in total. The van der Waals surface area contributed by atoms with Crippen LogP contribution in [0.3, 0.4) is 0 Å². The largest absolute Gasteiger partial charge is 0.350 e. The van der Waals surface area contributed by atoms with Gasteiger partial charge in [0, 0.05) is 25.0 Å². The molecule has 0 amide bonds. The first-order chi connectivity index (χ1) is 9.10. The summed E-state index contributed by atoms with van der Waals surface area (Å²) in [6.45, 7) is 5.87. The molecule has 0 saturated carbocycles. The second-order valence-corrected chi connectivity index (χ2v) is 5.05. The van der Waals surface area contributed by atoms with Crippen LogP contribution in [-0.2, 0) is 6.54 Å². The van der Waals surface area contributed by atoms with E-state index in [0.29, 0.717) is 12.6 Å². The zero-order valence-corrected chi connectivity index (χ0v) is 11.9. The monoisotopic (exact) mass is 280 g/mol. The van der Waals surface area contributed by atoms with Crippen molar-refractivity contribution >= 4 is 11.6 Å². The van der Waals surface area contributed by atoms with Crippen LogP contribution in [0.5, 0.6) is 0 Å². The predicted molar refractivity (Wildman–Crippen MR) is 77.0 cm³/mol. The number of hydrogen-bond acceptors (Lipinski definition) is 1. The molecule has 2 nitrogen and oxygen atoms in total. The van der Waals surface area contributed by atoms with Crippen molar-refractivity contribution in [3.8, 4) is 0 Å². The average molecular weight is 281 g/mol. The topological polar surface area (TPSA) is 17.0 Å². The smallest absolute Gasteiger partial charge is 0.141 e. The van der Waals surface area contributed by atoms with Crippen LogP contribution >= 0.6 is 11.6 Å². The maximum Gasteiger partial charge on any atom is 0.141 e. The zero-order valence-electron chi connectivity index (χ0n) is 11.2. The van der Waals surface area contributed by atoms with Gasteiger partial charge in [-0.2, -0.15) is 0 Å². The molecule has 1 atom stereocenters. The van der Waals surface area contributed by atoms with Crippen LogP contribution in [0.2, 0.25) is 5.02 Å². The quantitative estimate of drug-likeness (QED) is 0.876. The first-order valence-corrected chi connectivity index (χ1v) is 6.81. The molecule has 0 radical (unpaired) electrons. The van der Waals surface area contributed by atoms with Gasteiger partial charge in [0.2, 0.25) is 0 Å². The molecule has 2 aromatic rings. The van der Waals surface area contributed by atoms with Gasteiger partial charge in [-0.3, -0.25) is 0 Å². The van der Waals surface area contributed by atoms with Crippen molar-refractivity contribution in [1.29, 1.82) is 0 Å². The molecule has 0 saturated heterocycles. The van der Waals surface area contributed by atoms with Crippen molar-refractivity contribution < 1.29 is 4.39 Å². The third-order valence-electron chi connectivity index (χ3n) is 3.13. The molecule has 19 heavy (non-hydrogen) atoms. The molecule has 0 spiro atoms. The van der Waals surface area contributed by atoms with Gasteiger partial charge < -0.3 is 9.88 Å². The van der Waals surface area contributed by atoms with E-state index < -0.39 is 0 Å². The number of nitrogens with zero attached hydrogens (tertiary/aromatic N) is 1. The SMILES string of the molecule is CCNC(C)c1ccn(Cc2ccc(F)c(Cl)c2)c1. The summed E-state index contributed by atoms with van der Waals surface area (Å²) in [4.78, 5) is 0. The van der Waals surface area contributed by atoms with Gasteiger partial charge in [0.25, 0.3) is 0 Å². The van der Waals surface area contributed by atoms with Crippen LogP contribution in [0, 0.1) is 5.82 Å². The van der Waals surface area contributed by atoms with Crippen molar-refractivity contribution in [3.63, 3.8) is 0 Å². The van der Waals surface area contributed by atoms with Gasteiger partial charge in [0.1, 0.15) is 5.82 Å². The molecule has 102 valence electrons. The minimum atomic E-state index is -0.376. The van der Waals surface area contributed by atoms with Gasteiger partial charge in [-0.1, -0.05) is 24.6 Å².